The zero-order chi connectivity index (χ0) is 17.4. The minimum atomic E-state index is -0.197. The smallest absolute Gasteiger partial charge is 0.266 e. The standard InChI is InChI=1S/C19H15N3O2S/c1-12-6-5-9-22-16(12)21-18-14(19(22)24)10-15(25-18)17(23)20-11-13-7-3-2-4-8-13/h2-10H,11H2,1H3,(H,20,23). The van der Waals surface area contributed by atoms with Crippen LogP contribution in [0.3, 0.4) is 0 Å². The number of thiophene rings is 1. The Labute approximate surface area is 147 Å². The molecule has 0 atom stereocenters. The summed E-state index contributed by atoms with van der Waals surface area (Å²) < 4.78 is 1.52. The molecule has 3 aromatic heterocycles. The maximum atomic E-state index is 12.7. The zero-order valence-electron chi connectivity index (χ0n) is 13.5. The third-order valence-corrected chi connectivity index (χ3v) is 5.08. The Kier molecular flexibility index (Phi) is 3.82. The second kappa shape index (κ2) is 6.14. The minimum Gasteiger partial charge on any atom is -0.347 e. The minimum absolute atomic E-state index is 0.151. The van der Waals surface area contributed by atoms with Gasteiger partial charge in [0.2, 0.25) is 0 Å². The number of benzene rings is 1. The fourth-order valence-electron chi connectivity index (χ4n) is 2.74. The lowest BCUT2D eigenvalue weighted by molar-refractivity contribution is 0.0955. The first kappa shape index (κ1) is 15.5. The van der Waals surface area contributed by atoms with Crippen molar-refractivity contribution in [3.05, 3.63) is 81.1 Å². The summed E-state index contributed by atoms with van der Waals surface area (Å²) in [6, 6.07) is 15.1. The van der Waals surface area contributed by atoms with Crippen molar-refractivity contribution in [2.45, 2.75) is 13.5 Å². The van der Waals surface area contributed by atoms with Crippen molar-refractivity contribution in [2.24, 2.45) is 0 Å². The van der Waals surface area contributed by atoms with Crippen molar-refractivity contribution < 1.29 is 4.79 Å². The average molecular weight is 349 g/mol. The van der Waals surface area contributed by atoms with E-state index in [1.165, 1.54) is 15.7 Å². The van der Waals surface area contributed by atoms with Gasteiger partial charge in [-0.2, -0.15) is 0 Å². The molecule has 0 saturated carbocycles. The summed E-state index contributed by atoms with van der Waals surface area (Å²) in [6.45, 7) is 2.36. The molecule has 0 aliphatic heterocycles. The third kappa shape index (κ3) is 2.81. The number of hydrogen-bond donors (Lipinski definition) is 1. The first-order valence-electron chi connectivity index (χ1n) is 7.87. The van der Waals surface area contributed by atoms with Crippen LogP contribution < -0.4 is 10.9 Å². The molecule has 0 spiro atoms. The molecule has 4 aromatic rings. The van der Waals surface area contributed by atoms with Crippen LogP contribution >= 0.6 is 11.3 Å². The fourth-order valence-corrected chi connectivity index (χ4v) is 3.67. The number of aromatic nitrogens is 2. The number of pyridine rings is 1. The van der Waals surface area contributed by atoms with E-state index in [2.05, 4.69) is 10.3 Å². The molecule has 3 heterocycles. The lowest BCUT2D eigenvalue weighted by Gasteiger charge is -2.02. The van der Waals surface area contributed by atoms with E-state index in [4.69, 9.17) is 0 Å². The molecule has 0 aliphatic rings. The third-order valence-electron chi connectivity index (χ3n) is 4.05. The average Bonchev–Trinajstić information content (AvgIpc) is 3.06. The summed E-state index contributed by atoms with van der Waals surface area (Å²) in [5.41, 5.74) is 2.42. The van der Waals surface area contributed by atoms with E-state index < -0.39 is 0 Å². The second-order valence-electron chi connectivity index (χ2n) is 5.80. The highest BCUT2D eigenvalue weighted by molar-refractivity contribution is 7.20. The summed E-state index contributed by atoms with van der Waals surface area (Å²) in [5, 5.41) is 3.35. The van der Waals surface area contributed by atoms with Gasteiger partial charge in [-0.3, -0.25) is 14.0 Å². The number of carbonyl (C=O) groups excluding carboxylic acids is 1. The highest BCUT2D eigenvalue weighted by atomic mass is 32.1. The molecule has 6 heteroatoms. The van der Waals surface area contributed by atoms with Crippen LogP contribution in [0.15, 0.2) is 59.5 Å². The van der Waals surface area contributed by atoms with Crippen molar-refractivity contribution in [3.63, 3.8) is 0 Å². The van der Waals surface area contributed by atoms with Crippen LogP contribution in [0.1, 0.15) is 20.8 Å². The fraction of sp³-hybridized carbons (Fsp3) is 0.105. The van der Waals surface area contributed by atoms with E-state index in [1.807, 2.05) is 49.4 Å². The van der Waals surface area contributed by atoms with Crippen molar-refractivity contribution in [1.29, 1.82) is 0 Å². The summed E-state index contributed by atoms with van der Waals surface area (Å²) in [5.74, 6) is -0.197. The Morgan fingerprint density at radius 1 is 1.20 bits per heavy atom. The number of rotatable bonds is 3. The summed E-state index contributed by atoms with van der Waals surface area (Å²) >= 11 is 1.24. The maximum Gasteiger partial charge on any atom is 0.266 e. The molecule has 0 radical (unpaired) electrons. The van der Waals surface area contributed by atoms with E-state index >= 15 is 0 Å². The normalized spacial score (nSPS) is 11.1. The predicted octanol–water partition coefficient (Wildman–Crippen LogP) is 3.15. The molecule has 0 fully saturated rings. The number of hydrogen-bond acceptors (Lipinski definition) is 4. The van der Waals surface area contributed by atoms with Crippen LogP contribution in [-0.2, 0) is 6.54 Å². The topological polar surface area (TPSA) is 63.5 Å². The van der Waals surface area contributed by atoms with Crippen LogP contribution in [0.2, 0.25) is 0 Å². The molecule has 124 valence electrons. The van der Waals surface area contributed by atoms with E-state index in [1.54, 1.807) is 12.3 Å². The molecule has 25 heavy (non-hydrogen) atoms. The largest absolute Gasteiger partial charge is 0.347 e. The van der Waals surface area contributed by atoms with Gasteiger partial charge in [-0.1, -0.05) is 36.4 Å². The first-order valence-corrected chi connectivity index (χ1v) is 8.69. The number of fused-ring (bicyclic) bond motifs is 2. The van der Waals surface area contributed by atoms with Crippen molar-refractivity contribution in [3.8, 4) is 0 Å². The van der Waals surface area contributed by atoms with Gasteiger partial charge < -0.3 is 5.32 Å². The van der Waals surface area contributed by atoms with E-state index in [9.17, 15) is 9.59 Å². The molecule has 0 unspecified atom stereocenters. The van der Waals surface area contributed by atoms with Crippen LogP contribution in [0.5, 0.6) is 0 Å². The van der Waals surface area contributed by atoms with Gasteiger partial charge in [-0.15, -0.1) is 11.3 Å². The zero-order valence-corrected chi connectivity index (χ0v) is 14.3. The first-order chi connectivity index (χ1) is 12.1. The van der Waals surface area contributed by atoms with Gasteiger partial charge in [0.25, 0.3) is 11.5 Å². The molecule has 1 N–H and O–H groups in total. The molecular weight excluding hydrogens is 334 g/mol. The molecule has 0 saturated heterocycles. The number of nitrogens with one attached hydrogen (secondary N) is 1. The van der Waals surface area contributed by atoms with E-state index in [0.29, 0.717) is 27.3 Å². The Balaban J connectivity index is 1.70. The van der Waals surface area contributed by atoms with Gasteiger partial charge >= 0.3 is 0 Å². The lowest BCUT2D eigenvalue weighted by Crippen LogP contribution is -2.21. The van der Waals surface area contributed by atoms with Gasteiger partial charge in [-0.05, 0) is 30.2 Å². The Bertz CT molecular complexity index is 1150. The van der Waals surface area contributed by atoms with E-state index in [-0.39, 0.29) is 11.5 Å². The summed E-state index contributed by atoms with van der Waals surface area (Å²) in [6.07, 6.45) is 1.70. The number of aryl methyl sites for hydroxylation is 1. The monoisotopic (exact) mass is 349 g/mol. The Morgan fingerprint density at radius 3 is 2.80 bits per heavy atom. The van der Waals surface area contributed by atoms with Crippen molar-refractivity contribution in [1.82, 2.24) is 14.7 Å². The van der Waals surface area contributed by atoms with Gasteiger partial charge in [0.1, 0.15) is 10.5 Å². The molecule has 1 aromatic carbocycles. The van der Waals surface area contributed by atoms with Gasteiger partial charge in [0.05, 0.1) is 10.3 Å². The summed E-state index contributed by atoms with van der Waals surface area (Å²) in [4.78, 5) is 30.7. The molecule has 5 nitrogen and oxygen atoms in total. The van der Waals surface area contributed by atoms with Gasteiger partial charge in [0, 0.05) is 12.7 Å². The molecule has 1 amide bonds. The quantitative estimate of drug-likeness (QED) is 0.618. The van der Waals surface area contributed by atoms with Crippen LogP contribution in [0.25, 0.3) is 15.9 Å². The molecule has 0 aliphatic carbocycles. The summed E-state index contributed by atoms with van der Waals surface area (Å²) in [7, 11) is 0. The van der Waals surface area contributed by atoms with Crippen LogP contribution in [-0.4, -0.2) is 15.3 Å². The second-order valence-corrected chi connectivity index (χ2v) is 6.83. The highest BCUT2D eigenvalue weighted by Gasteiger charge is 2.15. The van der Waals surface area contributed by atoms with Crippen molar-refractivity contribution in [2.75, 3.05) is 0 Å². The lowest BCUT2D eigenvalue weighted by atomic mass is 10.2. The number of nitrogens with zero attached hydrogens (tertiary/aromatic N) is 2. The molecule has 0 bridgehead atoms. The number of carbonyl (C=O) groups is 1. The SMILES string of the molecule is Cc1cccn2c(=O)c3cc(C(=O)NCc4ccccc4)sc3nc12. The van der Waals surface area contributed by atoms with Gasteiger partial charge in [0.15, 0.2) is 0 Å². The maximum absolute atomic E-state index is 12.7. The highest BCUT2D eigenvalue weighted by Crippen LogP contribution is 2.22. The Hall–Kier alpha value is -2.99. The van der Waals surface area contributed by atoms with Crippen LogP contribution in [0, 0.1) is 6.92 Å². The van der Waals surface area contributed by atoms with Gasteiger partial charge in [-0.25, -0.2) is 4.98 Å². The van der Waals surface area contributed by atoms with E-state index in [0.717, 1.165) is 11.1 Å². The molecular formula is C19H15N3O2S. The number of amides is 1. The Morgan fingerprint density at radius 2 is 2.00 bits per heavy atom. The molecule has 4 rings (SSSR count). The van der Waals surface area contributed by atoms with Crippen LogP contribution in [0.4, 0.5) is 0 Å². The predicted molar refractivity (Wildman–Crippen MR) is 99.2 cm³/mol. The van der Waals surface area contributed by atoms with Crippen molar-refractivity contribution >= 4 is 33.1 Å².